The number of imidazole rings is 1. The Morgan fingerprint density at radius 2 is 2.00 bits per heavy atom. The van der Waals surface area contributed by atoms with Crippen LogP contribution in [0.15, 0.2) is 30.6 Å². The van der Waals surface area contributed by atoms with Crippen LogP contribution in [0.5, 0.6) is 5.88 Å². The molecule has 9 nitrogen and oxygen atoms in total. The summed E-state index contributed by atoms with van der Waals surface area (Å²) in [7, 11) is 3.83. The summed E-state index contributed by atoms with van der Waals surface area (Å²) < 4.78 is 8.31. The number of hydrogen-bond donors (Lipinski definition) is 4. The molecular formula is C24H30N8O. The minimum absolute atomic E-state index is 0.0942. The van der Waals surface area contributed by atoms with Crippen LogP contribution in [-0.4, -0.2) is 46.0 Å². The van der Waals surface area contributed by atoms with Crippen molar-refractivity contribution in [2.45, 2.75) is 38.8 Å². The molecule has 0 aliphatic carbocycles. The van der Waals surface area contributed by atoms with Gasteiger partial charge in [0, 0.05) is 49.8 Å². The largest absolute Gasteiger partial charge is 0.473 e. The van der Waals surface area contributed by atoms with Crippen molar-refractivity contribution in [1.29, 1.82) is 10.8 Å². The van der Waals surface area contributed by atoms with Crippen molar-refractivity contribution in [2.75, 3.05) is 18.5 Å². The van der Waals surface area contributed by atoms with E-state index in [1.807, 2.05) is 36.6 Å². The third kappa shape index (κ3) is 3.57. The molecule has 1 fully saturated rings. The molecule has 0 amide bonds. The number of aryl methyl sites for hydroxylation is 1. The van der Waals surface area contributed by atoms with E-state index in [0.29, 0.717) is 24.1 Å². The summed E-state index contributed by atoms with van der Waals surface area (Å²) in [5, 5.41) is 22.5. The van der Waals surface area contributed by atoms with Gasteiger partial charge in [0.25, 0.3) is 0 Å². The van der Waals surface area contributed by atoms with Crippen LogP contribution in [0.4, 0.5) is 5.69 Å². The van der Waals surface area contributed by atoms with Crippen molar-refractivity contribution in [3.63, 3.8) is 0 Å². The summed E-state index contributed by atoms with van der Waals surface area (Å²) in [6, 6.07) is 8.24. The molecule has 33 heavy (non-hydrogen) atoms. The predicted molar refractivity (Wildman–Crippen MR) is 130 cm³/mol. The highest BCUT2D eigenvalue weighted by Crippen LogP contribution is 2.38. The fraction of sp³-hybridized carbons (Fsp3) is 0.417. The lowest BCUT2D eigenvalue weighted by atomic mass is 9.89. The summed E-state index contributed by atoms with van der Waals surface area (Å²) in [6.45, 7) is 6.93. The molecule has 5 rings (SSSR count). The summed E-state index contributed by atoms with van der Waals surface area (Å²) in [6.07, 6.45) is 2.36. The van der Waals surface area contributed by atoms with Crippen LogP contribution >= 0.6 is 0 Å². The Kier molecular flexibility index (Phi) is 4.81. The topological polar surface area (TPSA) is 115 Å². The van der Waals surface area contributed by atoms with Crippen molar-refractivity contribution < 1.29 is 4.74 Å². The molecule has 1 aromatic carbocycles. The number of anilines is 1. The number of pyridine rings is 1. The number of amidine groups is 1. The van der Waals surface area contributed by atoms with E-state index in [-0.39, 0.29) is 17.6 Å². The first-order chi connectivity index (χ1) is 15.6. The van der Waals surface area contributed by atoms with Gasteiger partial charge in [-0.25, -0.2) is 9.97 Å². The smallest absolute Gasteiger partial charge is 0.241 e. The fourth-order valence-corrected chi connectivity index (χ4v) is 4.70. The lowest BCUT2D eigenvalue weighted by Gasteiger charge is -2.40. The first-order valence-electron chi connectivity index (χ1n) is 11.2. The number of benzene rings is 1. The van der Waals surface area contributed by atoms with Gasteiger partial charge >= 0.3 is 0 Å². The summed E-state index contributed by atoms with van der Waals surface area (Å²) in [5.41, 5.74) is 5.18. The first-order valence-corrected chi connectivity index (χ1v) is 11.2. The van der Waals surface area contributed by atoms with Gasteiger partial charge in [-0.2, -0.15) is 0 Å². The van der Waals surface area contributed by atoms with Crippen LogP contribution < -0.4 is 20.3 Å². The monoisotopic (exact) mass is 446 g/mol. The van der Waals surface area contributed by atoms with Gasteiger partial charge in [0.15, 0.2) is 5.96 Å². The molecule has 4 N–H and O–H groups in total. The molecule has 2 aliphatic rings. The van der Waals surface area contributed by atoms with E-state index in [0.717, 1.165) is 40.1 Å². The second-order valence-corrected chi connectivity index (χ2v) is 9.57. The number of nitrogens with one attached hydrogen (secondary N) is 4. The SMILES string of the molecule is C[C@@H](Oc1nc(-c2ccc3c(c2)N(C)C(=N)NC3(C)C)cc2ncn(C)c12)[C@H]1CNC(=N)C1. The van der Waals surface area contributed by atoms with Crippen LogP contribution in [0, 0.1) is 16.7 Å². The molecule has 0 unspecified atom stereocenters. The van der Waals surface area contributed by atoms with Crippen molar-refractivity contribution in [2.24, 2.45) is 13.0 Å². The zero-order valence-corrected chi connectivity index (χ0v) is 19.7. The molecule has 4 heterocycles. The average Bonchev–Trinajstić information content (AvgIpc) is 3.37. The maximum absolute atomic E-state index is 8.32. The number of rotatable bonds is 4. The number of ether oxygens (including phenoxy) is 1. The summed E-state index contributed by atoms with van der Waals surface area (Å²) in [5.74, 6) is 1.70. The minimum Gasteiger partial charge on any atom is -0.473 e. The third-order valence-corrected chi connectivity index (χ3v) is 6.76. The molecule has 0 saturated carbocycles. The Hall–Kier alpha value is -3.62. The normalized spacial score (nSPS) is 20.4. The number of nitrogens with zero attached hydrogens (tertiary/aromatic N) is 4. The van der Waals surface area contributed by atoms with E-state index in [4.69, 9.17) is 20.5 Å². The third-order valence-electron chi connectivity index (χ3n) is 6.76. The molecular weight excluding hydrogens is 416 g/mol. The molecule has 2 aliphatic heterocycles. The minimum atomic E-state index is -0.331. The maximum Gasteiger partial charge on any atom is 0.241 e. The van der Waals surface area contributed by atoms with Gasteiger partial charge in [-0.1, -0.05) is 12.1 Å². The van der Waals surface area contributed by atoms with Gasteiger partial charge in [-0.05, 0) is 32.9 Å². The molecule has 3 aromatic rings. The van der Waals surface area contributed by atoms with Gasteiger partial charge < -0.3 is 24.8 Å². The summed E-state index contributed by atoms with van der Waals surface area (Å²) >= 11 is 0. The Balaban J connectivity index is 1.57. The Bertz CT molecular complexity index is 1280. The zero-order chi connectivity index (χ0) is 23.5. The molecule has 1 saturated heterocycles. The Morgan fingerprint density at radius 3 is 2.73 bits per heavy atom. The van der Waals surface area contributed by atoms with Crippen molar-refractivity contribution in [3.05, 3.63) is 36.2 Å². The van der Waals surface area contributed by atoms with E-state index in [9.17, 15) is 0 Å². The number of hydrogen-bond acceptors (Lipinski definition) is 5. The number of aromatic nitrogens is 3. The molecule has 0 bridgehead atoms. The highest BCUT2D eigenvalue weighted by atomic mass is 16.5. The van der Waals surface area contributed by atoms with Gasteiger partial charge in [-0.15, -0.1) is 0 Å². The van der Waals surface area contributed by atoms with Crippen LogP contribution in [0.2, 0.25) is 0 Å². The van der Waals surface area contributed by atoms with Crippen molar-refractivity contribution in [1.82, 2.24) is 25.2 Å². The highest BCUT2D eigenvalue weighted by Gasteiger charge is 2.33. The van der Waals surface area contributed by atoms with Crippen molar-refractivity contribution >= 4 is 28.5 Å². The van der Waals surface area contributed by atoms with Crippen LogP contribution in [-0.2, 0) is 12.6 Å². The second kappa shape index (κ2) is 7.47. The predicted octanol–water partition coefficient (Wildman–Crippen LogP) is 3.20. The van der Waals surface area contributed by atoms with E-state index in [1.54, 1.807) is 6.33 Å². The second-order valence-electron chi connectivity index (χ2n) is 9.57. The van der Waals surface area contributed by atoms with Gasteiger partial charge in [0.1, 0.15) is 11.6 Å². The van der Waals surface area contributed by atoms with E-state index >= 15 is 0 Å². The molecule has 9 heteroatoms. The standard InChI is InChI=1S/C24H30N8O/c1-13(15-9-20(25)27-11-15)33-22-21-18(28-12-31(21)4)10-17(29-22)14-6-7-16-19(8-14)32(5)23(26)30-24(16,2)3/h6-8,10,12-13,15H,9,11H2,1-5H3,(H2,25,27)(H2,26,30)/t13-,15-/m1/s1. The first kappa shape index (κ1) is 21.2. The van der Waals surface area contributed by atoms with Crippen LogP contribution in [0.25, 0.3) is 22.3 Å². The van der Waals surface area contributed by atoms with Crippen molar-refractivity contribution in [3.8, 4) is 17.1 Å². The molecule has 2 aromatic heterocycles. The van der Waals surface area contributed by atoms with E-state index in [1.165, 1.54) is 0 Å². The Labute approximate surface area is 193 Å². The van der Waals surface area contributed by atoms with E-state index < -0.39 is 0 Å². The van der Waals surface area contributed by atoms with Gasteiger partial charge in [-0.3, -0.25) is 10.8 Å². The molecule has 0 spiro atoms. The lowest BCUT2D eigenvalue weighted by molar-refractivity contribution is 0.158. The summed E-state index contributed by atoms with van der Waals surface area (Å²) in [4.78, 5) is 11.3. The average molecular weight is 447 g/mol. The van der Waals surface area contributed by atoms with E-state index in [2.05, 4.69) is 47.7 Å². The van der Waals surface area contributed by atoms with Crippen LogP contribution in [0.1, 0.15) is 32.8 Å². The lowest BCUT2D eigenvalue weighted by Crippen LogP contribution is -2.52. The fourth-order valence-electron chi connectivity index (χ4n) is 4.70. The van der Waals surface area contributed by atoms with Crippen LogP contribution in [0.3, 0.4) is 0 Å². The number of fused-ring (bicyclic) bond motifs is 2. The highest BCUT2D eigenvalue weighted by molar-refractivity contribution is 5.98. The zero-order valence-electron chi connectivity index (χ0n) is 19.7. The van der Waals surface area contributed by atoms with Gasteiger partial charge in [0.2, 0.25) is 5.88 Å². The van der Waals surface area contributed by atoms with Gasteiger partial charge in [0.05, 0.1) is 28.9 Å². The number of guanidine groups is 1. The quantitative estimate of drug-likeness (QED) is 0.489. The molecule has 2 atom stereocenters. The molecule has 0 radical (unpaired) electrons. The Morgan fingerprint density at radius 1 is 1.21 bits per heavy atom. The molecule has 172 valence electrons. The maximum atomic E-state index is 8.32.